The number of hydrogen-bond donors (Lipinski definition) is 0. The zero-order valence-corrected chi connectivity index (χ0v) is 16.4. The van der Waals surface area contributed by atoms with Crippen LogP contribution < -0.4 is 0 Å². The van der Waals surface area contributed by atoms with E-state index >= 15 is 0 Å². The average molecular weight is 387 g/mol. The Hall–Kier alpha value is -3.17. The lowest BCUT2D eigenvalue weighted by Gasteiger charge is -2.02. The summed E-state index contributed by atoms with van der Waals surface area (Å²) in [5.41, 5.74) is 6.76. The average Bonchev–Trinajstić information content (AvgIpc) is 3.11. The van der Waals surface area contributed by atoms with Crippen molar-refractivity contribution in [3.8, 4) is 11.5 Å². The molecule has 0 bridgehead atoms. The molecule has 4 heteroatoms. The van der Waals surface area contributed by atoms with Crippen molar-refractivity contribution in [1.82, 2.24) is 4.98 Å². The molecule has 0 spiro atoms. The monoisotopic (exact) mass is 386 g/mol. The maximum atomic E-state index is 5.94. The first-order valence-corrected chi connectivity index (χ1v) is 9.41. The van der Waals surface area contributed by atoms with E-state index in [0.29, 0.717) is 5.89 Å². The quantitative estimate of drug-likeness (QED) is 0.348. The third-order valence-electron chi connectivity index (χ3n) is 4.46. The van der Waals surface area contributed by atoms with Crippen LogP contribution >= 0.6 is 11.6 Å². The minimum atomic E-state index is 0.605. The van der Waals surface area contributed by atoms with E-state index in [2.05, 4.69) is 9.98 Å². The molecule has 0 N–H and O–H groups in total. The number of aryl methyl sites for hydroxylation is 2. The van der Waals surface area contributed by atoms with Crippen LogP contribution in [0.25, 0.3) is 28.6 Å². The predicted octanol–water partition coefficient (Wildman–Crippen LogP) is 7.18. The number of aliphatic imine (C=N–C) groups is 1. The van der Waals surface area contributed by atoms with Crippen LogP contribution in [-0.4, -0.2) is 11.2 Å². The lowest BCUT2D eigenvalue weighted by Crippen LogP contribution is -1.81. The standard InChI is InChI=1S/C24H19ClN2O/c1-16-5-12-21-23(14-16)28-24(27-21)19-9-6-17(2)22(15-19)26-13-3-4-18-7-10-20(25)11-8-18/h3-15H,1-2H3/b4-3+,26-13?. The van der Waals surface area contributed by atoms with E-state index in [0.717, 1.165) is 44.1 Å². The third kappa shape index (κ3) is 4.05. The Morgan fingerprint density at radius 1 is 0.964 bits per heavy atom. The van der Waals surface area contributed by atoms with Gasteiger partial charge in [0.1, 0.15) is 5.52 Å². The van der Waals surface area contributed by atoms with Crippen molar-refractivity contribution in [3.63, 3.8) is 0 Å². The summed E-state index contributed by atoms with van der Waals surface area (Å²) in [4.78, 5) is 9.18. The molecular weight excluding hydrogens is 368 g/mol. The SMILES string of the molecule is Cc1ccc2nc(-c3ccc(C)c(N=C/C=C/c4ccc(Cl)cc4)c3)oc2c1. The van der Waals surface area contributed by atoms with Gasteiger partial charge < -0.3 is 4.42 Å². The Bertz CT molecular complexity index is 1190. The van der Waals surface area contributed by atoms with Gasteiger partial charge in [0.05, 0.1) is 5.69 Å². The summed E-state index contributed by atoms with van der Waals surface area (Å²) in [5, 5.41) is 0.729. The summed E-state index contributed by atoms with van der Waals surface area (Å²) in [6.45, 7) is 4.08. The number of oxazole rings is 1. The molecule has 0 saturated carbocycles. The second-order valence-electron chi connectivity index (χ2n) is 6.68. The summed E-state index contributed by atoms with van der Waals surface area (Å²) in [6.07, 6.45) is 5.69. The smallest absolute Gasteiger partial charge is 0.227 e. The molecule has 0 unspecified atom stereocenters. The van der Waals surface area contributed by atoms with Gasteiger partial charge >= 0.3 is 0 Å². The van der Waals surface area contributed by atoms with Crippen molar-refractivity contribution in [3.05, 3.63) is 88.5 Å². The molecule has 4 rings (SSSR count). The molecule has 0 saturated heterocycles. The molecule has 0 aliphatic carbocycles. The van der Waals surface area contributed by atoms with Gasteiger partial charge in [0.25, 0.3) is 0 Å². The fraction of sp³-hybridized carbons (Fsp3) is 0.0833. The van der Waals surface area contributed by atoms with Crippen molar-refractivity contribution >= 4 is 40.7 Å². The second kappa shape index (κ2) is 7.83. The minimum Gasteiger partial charge on any atom is -0.436 e. The van der Waals surface area contributed by atoms with Crippen LogP contribution in [0.4, 0.5) is 5.69 Å². The highest BCUT2D eigenvalue weighted by molar-refractivity contribution is 6.30. The summed E-state index contributed by atoms with van der Waals surface area (Å²) < 4.78 is 5.94. The van der Waals surface area contributed by atoms with Gasteiger partial charge in [-0.15, -0.1) is 0 Å². The van der Waals surface area contributed by atoms with Crippen LogP contribution in [0.15, 0.2) is 76.1 Å². The molecule has 4 aromatic rings. The van der Waals surface area contributed by atoms with Gasteiger partial charge in [0.15, 0.2) is 5.58 Å². The zero-order valence-electron chi connectivity index (χ0n) is 15.7. The fourth-order valence-corrected chi connectivity index (χ4v) is 3.01. The number of rotatable bonds is 4. The number of nitrogens with zero attached hydrogens (tertiary/aromatic N) is 2. The van der Waals surface area contributed by atoms with E-state index in [1.807, 2.05) is 86.7 Å². The maximum Gasteiger partial charge on any atom is 0.227 e. The number of halogens is 1. The van der Waals surface area contributed by atoms with Crippen molar-refractivity contribution in [2.75, 3.05) is 0 Å². The van der Waals surface area contributed by atoms with Gasteiger partial charge in [-0.05, 0) is 73.0 Å². The molecule has 138 valence electrons. The highest BCUT2D eigenvalue weighted by Gasteiger charge is 2.09. The Morgan fingerprint density at radius 2 is 1.79 bits per heavy atom. The molecule has 3 aromatic carbocycles. The van der Waals surface area contributed by atoms with E-state index in [9.17, 15) is 0 Å². The van der Waals surface area contributed by atoms with Crippen LogP contribution in [0.2, 0.25) is 5.02 Å². The number of fused-ring (bicyclic) bond motifs is 1. The van der Waals surface area contributed by atoms with E-state index in [1.54, 1.807) is 6.21 Å². The predicted molar refractivity (Wildman–Crippen MR) is 118 cm³/mol. The molecule has 1 aromatic heterocycles. The van der Waals surface area contributed by atoms with Gasteiger partial charge in [0.2, 0.25) is 5.89 Å². The molecule has 3 nitrogen and oxygen atoms in total. The minimum absolute atomic E-state index is 0.605. The molecule has 1 heterocycles. The third-order valence-corrected chi connectivity index (χ3v) is 4.71. The van der Waals surface area contributed by atoms with E-state index < -0.39 is 0 Å². The number of allylic oxidation sites excluding steroid dienone is 1. The Kier molecular flexibility index (Phi) is 5.09. The maximum absolute atomic E-state index is 5.94. The molecular formula is C24H19ClN2O. The lowest BCUT2D eigenvalue weighted by atomic mass is 10.1. The number of aromatic nitrogens is 1. The van der Waals surface area contributed by atoms with Crippen LogP contribution in [0.1, 0.15) is 16.7 Å². The highest BCUT2D eigenvalue weighted by atomic mass is 35.5. The topological polar surface area (TPSA) is 38.4 Å². The lowest BCUT2D eigenvalue weighted by molar-refractivity contribution is 0.619. The Labute approximate surface area is 169 Å². The van der Waals surface area contributed by atoms with E-state index in [4.69, 9.17) is 16.0 Å². The summed E-state index contributed by atoms with van der Waals surface area (Å²) in [7, 11) is 0. The fourth-order valence-electron chi connectivity index (χ4n) is 2.89. The molecule has 0 atom stereocenters. The molecule has 0 amide bonds. The van der Waals surface area contributed by atoms with Crippen LogP contribution in [0.3, 0.4) is 0 Å². The first-order chi connectivity index (χ1) is 13.6. The molecule has 0 radical (unpaired) electrons. The largest absolute Gasteiger partial charge is 0.436 e. The van der Waals surface area contributed by atoms with Gasteiger partial charge in [0, 0.05) is 16.8 Å². The first-order valence-electron chi connectivity index (χ1n) is 9.03. The van der Waals surface area contributed by atoms with E-state index in [-0.39, 0.29) is 0 Å². The first kappa shape index (κ1) is 18.2. The van der Waals surface area contributed by atoms with Crippen molar-refractivity contribution in [2.24, 2.45) is 4.99 Å². The number of benzene rings is 3. The van der Waals surface area contributed by atoms with Gasteiger partial charge in [-0.1, -0.05) is 41.9 Å². The summed E-state index contributed by atoms with van der Waals surface area (Å²) in [5.74, 6) is 0.605. The normalized spacial score (nSPS) is 11.8. The van der Waals surface area contributed by atoms with Crippen molar-refractivity contribution in [1.29, 1.82) is 0 Å². The molecule has 28 heavy (non-hydrogen) atoms. The van der Waals surface area contributed by atoms with Crippen LogP contribution in [0.5, 0.6) is 0 Å². The van der Waals surface area contributed by atoms with Crippen molar-refractivity contribution < 1.29 is 4.42 Å². The second-order valence-corrected chi connectivity index (χ2v) is 7.12. The molecule has 0 fully saturated rings. The van der Waals surface area contributed by atoms with Gasteiger partial charge in [-0.3, -0.25) is 4.99 Å². The zero-order chi connectivity index (χ0) is 19.5. The summed E-state index contributed by atoms with van der Waals surface area (Å²) in [6, 6.07) is 19.7. The number of hydrogen-bond acceptors (Lipinski definition) is 3. The van der Waals surface area contributed by atoms with Gasteiger partial charge in [-0.25, -0.2) is 4.98 Å². The Morgan fingerprint density at radius 3 is 2.61 bits per heavy atom. The molecule has 0 aliphatic heterocycles. The van der Waals surface area contributed by atoms with Crippen molar-refractivity contribution in [2.45, 2.75) is 13.8 Å². The highest BCUT2D eigenvalue weighted by Crippen LogP contribution is 2.29. The van der Waals surface area contributed by atoms with E-state index in [1.165, 1.54) is 0 Å². The van der Waals surface area contributed by atoms with Crippen LogP contribution in [0, 0.1) is 13.8 Å². The van der Waals surface area contributed by atoms with Gasteiger partial charge in [-0.2, -0.15) is 0 Å². The molecule has 0 aliphatic rings. The van der Waals surface area contributed by atoms with Crippen LogP contribution in [-0.2, 0) is 0 Å². The summed E-state index contributed by atoms with van der Waals surface area (Å²) >= 11 is 5.91. The Balaban J connectivity index is 1.58.